The predicted octanol–water partition coefficient (Wildman–Crippen LogP) is 3.60. The molecule has 0 atom stereocenters. The van der Waals surface area contributed by atoms with Crippen molar-refractivity contribution in [2.75, 3.05) is 6.26 Å². The van der Waals surface area contributed by atoms with Crippen LogP contribution in [-0.2, 0) is 9.84 Å². The number of rotatable bonds is 3. The molecule has 0 N–H and O–H groups in total. The van der Waals surface area contributed by atoms with Crippen LogP contribution in [-0.4, -0.2) is 19.2 Å². The van der Waals surface area contributed by atoms with Crippen LogP contribution in [0.4, 0.5) is 4.39 Å². The van der Waals surface area contributed by atoms with E-state index in [2.05, 4.69) is 0 Å². The van der Waals surface area contributed by atoms with Crippen LogP contribution in [0.5, 0.6) is 0 Å². The van der Waals surface area contributed by atoms with Crippen molar-refractivity contribution >= 4 is 21.4 Å². The molecule has 0 saturated heterocycles. The standard InChI is InChI=1S/C17H13ClFNO4S/c1-10-7-12(4-5-13(10)18)20-15(9-24-17(20)21)11-3-6-16(14(19)8-11)25(2,22)23/h3-9H,1-2H3. The largest absolute Gasteiger partial charge is 0.424 e. The van der Waals surface area contributed by atoms with Crippen molar-refractivity contribution in [3.05, 3.63) is 69.6 Å². The highest BCUT2D eigenvalue weighted by molar-refractivity contribution is 7.90. The quantitative estimate of drug-likeness (QED) is 0.695. The molecule has 0 aliphatic rings. The Morgan fingerprint density at radius 3 is 2.48 bits per heavy atom. The number of nitrogens with zero attached hydrogens (tertiary/aromatic N) is 1. The molecule has 3 aromatic rings. The Labute approximate surface area is 148 Å². The lowest BCUT2D eigenvalue weighted by atomic mass is 10.1. The average molecular weight is 382 g/mol. The Balaban J connectivity index is 2.19. The van der Waals surface area contributed by atoms with Gasteiger partial charge in [0.2, 0.25) is 0 Å². The Morgan fingerprint density at radius 1 is 1.16 bits per heavy atom. The fourth-order valence-corrected chi connectivity index (χ4v) is 3.33. The van der Waals surface area contributed by atoms with Gasteiger partial charge >= 0.3 is 5.76 Å². The summed E-state index contributed by atoms with van der Waals surface area (Å²) in [7, 11) is -3.68. The molecule has 0 saturated carbocycles. The molecule has 0 unspecified atom stereocenters. The number of halogens is 2. The van der Waals surface area contributed by atoms with Gasteiger partial charge in [0.05, 0.1) is 11.4 Å². The molecule has 2 aromatic carbocycles. The van der Waals surface area contributed by atoms with E-state index in [4.69, 9.17) is 16.0 Å². The third-order valence-electron chi connectivity index (χ3n) is 3.72. The van der Waals surface area contributed by atoms with Gasteiger partial charge < -0.3 is 4.42 Å². The molecule has 0 bridgehead atoms. The second kappa shape index (κ2) is 6.16. The maximum absolute atomic E-state index is 14.2. The molecular weight excluding hydrogens is 369 g/mol. The molecule has 0 aliphatic carbocycles. The van der Waals surface area contributed by atoms with Gasteiger partial charge in [-0.05, 0) is 42.8 Å². The van der Waals surface area contributed by atoms with Crippen molar-refractivity contribution < 1.29 is 17.2 Å². The van der Waals surface area contributed by atoms with Gasteiger partial charge in [0.1, 0.15) is 17.0 Å². The normalized spacial score (nSPS) is 11.7. The van der Waals surface area contributed by atoms with Crippen LogP contribution >= 0.6 is 11.6 Å². The Bertz CT molecular complexity index is 1130. The first-order valence-corrected chi connectivity index (χ1v) is 9.42. The van der Waals surface area contributed by atoms with Crippen molar-refractivity contribution in [2.24, 2.45) is 0 Å². The third-order valence-corrected chi connectivity index (χ3v) is 5.28. The molecule has 25 heavy (non-hydrogen) atoms. The lowest BCUT2D eigenvalue weighted by Gasteiger charge is -2.09. The van der Waals surface area contributed by atoms with E-state index >= 15 is 0 Å². The summed E-state index contributed by atoms with van der Waals surface area (Å²) in [6, 6.07) is 8.61. The number of hydrogen-bond acceptors (Lipinski definition) is 4. The highest BCUT2D eigenvalue weighted by atomic mass is 35.5. The van der Waals surface area contributed by atoms with E-state index < -0.39 is 26.3 Å². The predicted molar refractivity (Wildman–Crippen MR) is 92.6 cm³/mol. The fraction of sp³-hybridized carbons (Fsp3) is 0.118. The molecule has 0 amide bonds. The Kier molecular flexibility index (Phi) is 4.30. The minimum atomic E-state index is -3.68. The van der Waals surface area contributed by atoms with Crippen LogP contribution in [0.1, 0.15) is 5.56 Å². The number of hydrogen-bond donors (Lipinski definition) is 0. The summed E-state index contributed by atoms with van der Waals surface area (Å²) in [5.41, 5.74) is 1.87. The van der Waals surface area contributed by atoms with Crippen molar-refractivity contribution in [2.45, 2.75) is 11.8 Å². The first-order chi connectivity index (χ1) is 11.7. The Morgan fingerprint density at radius 2 is 1.88 bits per heavy atom. The van der Waals surface area contributed by atoms with Gasteiger partial charge in [-0.15, -0.1) is 0 Å². The van der Waals surface area contributed by atoms with E-state index in [-0.39, 0.29) is 0 Å². The highest BCUT2D eigenvalue weighted by Gasteiger charge is 2.18. The molecule has 130 valence electrons. The van der Waals surface area contributed by atoms with Crippen LogP contribution in [0.3, 0.4) is 0 Å². The number of sulfone groups is 1. The summed E-state index contributed by atoms with van der Waals surface area (Å²) in [4.78, 5) is 11.7. The SMILES string of the molecule is Cc1cc(-n2c(-c3ccc(S(C)(=O)=O)c(F)c3)coc2=O)ccc1Cl. The molecule has 0 fully saturated rings. The lowest BCUT2D eigenvalue weighted by molar-refractivity contribution is 0.504. The van der Waals surface area contributed by atoms with Crippen LogP contribution in [0, 0.1) is 12.7 Å². The molecule has 1 aromatic heterocycles. The van der Waals surface area contributed by atoms with Crippen LogP contribution < -0.4 is 5.76 Å². The lowest BCUT2D eigenvalue weighted by Crippen LogP contribution is -2.13. The van der Waals surface area contributed by atoms with E-state index in [9.17, 15) is 17.6 Å². The summed E-state index contributed by atoms with van der Waals surface area (Å²) < 4.78 is 43.5. The molecular formula is C17H13ClFNO4S. The zero-order chi connectivity index (χ0) is 18.4. The average Bonchev–Trinajstić information content (AvgIpc) is 2.90. The van der Waals surface area contributed by atoms with E-state index in [1.165, 1.54) is 16.9 Å². The molecule has 0 aliphatic heterocycles. The molecule has 3 rings (SSSR count). The first kappa shape index (κ1) is 17.4. The second-order valence-electron chi connectivity index (χ2n) is 5.57. The van der Waals surface area contributed by atoms with Crippen LogP contribution in [0.25, 0.3) is 16.9 Å². The topological polar surface area (TPSA) is 69.3 Å². The number of benzene rings is 2. The zero-order valence-electron chi connectivity index (χ0n) is 13.3. The molecule has 0 spiro atoms. The van der Waals surface area contributed by atoms with E-state index in [1.54, 1.807) is 25.1 Å². The van der Waals surface area contributed by atoms with Crippen molar-refractivity contribution in [3.63, 3.8) is 0 Å². The molecule has 5 nitrogen and oxygen atoms in total. The maximum Gasteiger partial charge on any atom is 0.424 e. The summed E-state index contributed by atoms with van der Waals surface area (Å²) >= 11 is 6.00. The second-order valence-corrected chi connectivity index (χ2v) is 7.96. The van der Waals surface area contributed by atoms with Crippen LogP contribution in [0.15, 0.2) is 56.8 Å². The summed E-state index contributed by atoms with van der Waals surface area (Å²) in [5.74, 6) is -1.54. The summed E-state index contributed by atoms with van der Waals surface area (Å²) in [6.07, 6.45) is 2.12. The van der Waals surface area contributed by atoms with E-state index in [0.29, 0.717) is 22.0 Å². The van der Waals surface area contributed by atoms with Gasteiger partial charge in [0.15, 0.2) is 9.84 Å². The van der Waals surface area contributed by atoms with Crippen LogP contribution in [0.2, 0.25) is 5.02 Å². The number of aryl methyl sites for hydroxylation is 1. The van der Waals surface area contributed by atoms with Crippen molar-refractivity contribution in [1.82, 2.24) is 4.57 Å². The van der Waals surface area contributed by atoms with Gasteiger partial charge in [-0.1, -0.05) is 17.7 Å². The smallest absolute Gasteiger partial charge is 0.415 e. The van der Waals surface area contributed by atoms with Crippen molar-refractivity contribution in [1.29, 1.82) is 0 Å². The fourth-order valence-electron chi connectivity index (χ4n) is 2.48. The molecule has 0 radical (unpaired) electrons. The van der Waals surface area contributed by atoms with E-state index in [0.717, 1.165) is 24.0 Å². The van der Waals surface area contributed by atoms with E-state index in [1.807, 2.05) is 0 Å². The summed E-state index contributed by atoms with van der Waals surface area (Å²) in [5, 5.41) is 0.547. The van der Waals surface area contributed by atoms with Gasteiger partial charge in [-0.2, -0.15) is 0 Å². The minimum absolute atomic E-state index is 0.297. The van der Waals surface area contributed by atoms with Gasteiger partial charge in [-0.3, -0.25) is 0 Å². The monoisotopic (exact) mass is 381 g/mol. The first-order valence-electron chi connectivity index (χ1n) is 7.15. The van der Waals surface area contributed by atoms with Gasteiger partial charge in [0, 0.05) is 16.8 Å². The van der Waals surface area contributed by atoms with Gasteiger partial charge in [0.25, 0.3) is 0 Å². The molecule has 1 heterocycles. The number of aromatic nitrogens is 1. The Hall–Kier alpha value is -2.38. The third kappa shape index (κ3) is 3.25. The maximum atomic E-state index is 14.2. The summed E-state index contributed by atoms with van der Waals surface area (Å²) in [6.45, 7) is 1.79. The zero-order valence-corrected chi connectivity index (χ0v) is 14.9. The number of oxazole rings is 1. The minimum Gasteiger partial charge on any atom is -0.415 e. The van der Waals surface area contributed by atoms with Crippen molar-refractivity contribution in [3.8, 4) is 16.9 Å². The van der Waals surface area contributed by atoms with Gasteiger partial charge in [-0.25, -0.2) is 22.2 Å². The molecule has 8 heteroatoms. The highest BCUT2D eigenvalue weighted by Crippen LogP contribution is 2.27.